The van der Waals surface area contributed by atoms with Crippen LogP contribution in [-0.2, 0) is 0 Å². The van der Waals surface area contributed by atoms with Crippen molar-refractivity contribution in [1.82, 2.24) is 9.80 Å². The Morgan fingerprint density at radius 3 is 3.05 bits per heavy atom. The summed E-state index contributed by atoms with van der Waals surface area (Å²) in [6.07, 6.45) is 6.29. The molecule has 5 nitrogen and oxygen atoms in total. The van der Waals surface area contributed by atoms with Crippen molar-refractivity contribution in [2.45, 2.75) is 25.3 Å². The molecule has 0 saturated carbocycles. The highest BCUT2D eigenvalue weighted by Crippen LogP contribution is 2.16. The molecule has 0 aliphatic carbocycles. The molecule has 1 aromatic rings. The lowest BCUT2D eigenvalue weighted by molar-refractivity contribution is -0.605. The summed E-state index contributed by atoms with van der Waals surface area (Å²) in [4.78, 5) is 16.3. The molecule has 1 fully saturated rings. The number of likely N-dealkylation sites (N-methyl/N-ethyl adjacent to an activating group) is 2. The summed E-state index contributed by atoms with van der Waals surface area (Å²) in [5.41, 5.74) is 0.443. The van der Waals surface area contributed by atoms with E-state index in [0.717, 1.165) is 13.0 Å². The molecule has 1 atom stereocenters. The third-order valence-corrected chi connectivity index (χ3v) is 3.77. The van der Waals surface area contributed by atoms with Crippen molar-refractivity contribution in [1.29, 1.82) is 0 Å². The van der Waals surface area contributed by atoms with Crippen molar-refractivity contribution in [3.63, 3.8) is 0 Å². The first-order chi connectivity index (χ1) is 9.08. The lowest BCUT2D eigenvalue weighted by Crippen LogP contribution is -2.45. The van der Waals surface area contributed by atoms with E-state index in [0.29, 0.717) is 22.9 Å². The van der Waals surface area contributed by atoms with Crippen molar-refractivity contribution >= 4 is 5.91 Å². The molecule has 1 unspecified atom stereocenters. The van der Waals surface area contributed by atoms with E-state index in [9.17, 15) is 10.0 Å². The Morgan fingerprint density at radius 2 is 2.37 bits per heavy atom. The van der Waals surface area contributed by atoms with Gasteiger partial charge in [-0.25, -0.2) is 0 Å². The molecule has 1 aromatic heterocycles. The highest BCUT2D eigenvalue weighted by molar-refractivity contribution is 5.93. The second-order valence-corrected chi connectivity index (χ2v) is 5.27. The number of rotatable bonds is 3. The van der Waals surface area contributed by atoms with Crippen molar-refractivity contribution in [2.24, 2.45) is 0 Å². The van der Waals surface area contributed by atoms with Crippen molar-refractivity contribution in [2.75, 3.05) is 27.2 Å². The molecule has 0 radical (unpaired) electrons. The second-order valence-electron chi connectivity index (χ2n) is 5.27. The van der Waals surface area contributed by atoms with E-state index in [4.69, 9.17) is 0 Å². The predicted molar refractivity (Wildman–Crippen MR) is 72.6 cm³/mol. The van der Waals surface area contributed by atoms with Crippen LogP contribution in [0.3, 0.4) is 0 Å². The van der Waals surface area contributed by atoms with Crippen LogP contribution in [0.2, 0.25) is 0 Å². The van der Waals surface area contributed by atoms with Crippen LogP contribution in [0.1, 0.15) is 29.6 Å². The molecule has 104 valence electrons. The van der Waals surface area contributed by atoms with Gasteiger partial charge in [-0.3, -0.25) is 4.79 Å². The van der Waals surface area contributed by atoms with Crippen LogP contribution in [0.5, 0.6) is 0 Å². The van der Waals surface area contributed by atoms with Gasteiger partial charge in [0.2, 0.25) is 0 Å². The SMILES string of the molecule is CN(CC1CCCCN1C)C(=O)c1ccc[n+]([O-])c1. The van der Waals surface area contributed by atoms with Gasteiger partial charge >= 0.3 is 0 Å². The largest absolute Gasteiger partial charge is 0.619 e. The quantitative estimate of drug-likeness (QED) is 0.601. The number of likely N-dealkylation sites (tertiary alicyclic amines) is 1. The zero-order valence-corrected chi connectivity index (χ0v) is 11.6. The Labute approximate surface area is 114 Å². The number of carbonyl (C=O) groups is 1. The van der Waals surface area contributed by atoms with Gasteiger partial charge in [-0.2, -0.15) is 4.73 Å². The van der Waals surface area contributed by atoms with Gasteiger partial charge in [-0.05, 0) is 32.5 Å². The van der Waals surface area contributed by atoms with Gasteiger partial charge in [-0.15, -0.1) is 0 Å². The monoisotopic (exact) mass is 263 g/mol. The summed E-state index contributed by atoms with van der Waals surface area (Å²) in [6.45, 7) is 1.81. The molecule has 2 heterocycles. The van der Waals surface area contributed by atoms with E-state index in [-0.39, 0.29) is 5.91 Å². The zero-order valence-electron chi connectivity index (χ0n) is 11.6. The third kappa shape index (κ3) is 3.44. The van der Waals surface area contributed by atoms with Crippen LogP contribution in [0.4, 0.5) is 0 Å². The molecule has 1 saturated heterocycles. The molecule has 0 bridgehead atoms. The van der Waals surface area contributed by atoms with E-state index in [1.807, 2.05) is 0 Å². The van der Waals surface area contributed by atoms with Crippen LogP contribution in [-0.4, -0.2) is 48.9 Å². The molecular formula is C14H21N3O2. The van der Waals surface area contributed by atoms with Gasteiger partial charge in [0, 0.05) is 25.7 Å². The van der Waals surface area contributed by atoms with Crippen LogP contribution in [0.25, 0.3) is 0 Å². The van der Waals surface area contributed by atoms with Gasteiger partial charge in [0.1, 0.15) is 5.56 Å². The van der Waals surface area contributed by atoms with Gasteiger partial charge in [0.25, 0.3) is 5.91 Å². The van der Waals surface area contributed by atoms with E-state index in [1.165, 1.54) is 25.2 Å². The molecule has 0 N–H and O–H groups in total. The summed E-state index contributed by atoms with van der Waals surface area (Å²) in [7, 11) is 3.91. The van der Waals surface area contributed by atoms with E-state index < -0.39 is 0 Å². The Morgan fingerprint density at radius 1 is 1.58 bits per heavy atom. The Kier molecular flexibility index (Phi) is 4.37. The maximum absolute atomic E-state index is 12.2. The minimum atomic E-state index is -0.0934. The van der Waals surface area contributed by atoms with Crippen molar-refractivity contribution in [3.8, 4) is 0 Å². The molecule has 5 heteroatoms. The molecule has 0 aromatic carbocycles. The van der Waals surface area contributed by atoms with Gasteiger partial charge in [-0.1, -0.05) is 6.42 Å². The Hall–Kier alpha value is -1.62. The van der Waals surface area contributed by atoms with Gasteiger partial charge in [0.05, 0.1) is 0 Å². The first-order valence-electron chi connectivity index (χ1n) is 6.72. The highest BCUT2D eigenvalue weighted by Gasteiger charge is 2.23. The molecular weight excluding hydrogens is 242 g/mol. The summed E-state index contributed by atoms with van der Waals surface area (Å²) < 4.78 is 0.661. The Balaban J connectivity index is 1.99. The molecule has 19 heavy (non-hydrogen) atoms. The van der Waals surface area contributed by atoms with Gasteiger partial charge in [0.15, 0.2) is 12.4 Å². The van der Waals surface area contributed by atoms with Crippen molar-refractivity contribution in [3.05, 3.63) is 35.3 Å². The summed E-state index contributed by atoms with van der Waals surface area (Å²) in [5, 5.41) is 11.2. The average Bonchev–Trinajstić information content (AvgIpc) is 2.40. The first kappa shape index (κ1) is 13.8. The van der Waals surface area contributed by atoms with E-state index >= 15 is 0 Å². The fraction of sp³-hybridized carbons (Fsp3) is 0.571. The first-order valence-corrected chi connectivity index (χ1v) is 6.72. The highest BCUT2D eigenvalue weighted by atomic mass is 16.5. The number of hydrogen-bond donors (Lipinski definition) is 0. The normalized spacial score (nSPS) is 20.2. The number of hydrogen-bond acceptors (Lipinski definition) is 3. The zero-order chi connectivity index (χ0) is 13.8. The lowest BCUT2D eigenvalue weighted by Gasteiger charge is -2.35. The van der Waals surface area contributed by atoms with Crippen LogP contribution in [0, 0.1) is 5.21 Å². The van der Waals surface area contributed by atoms with E-state index in [1.54, 1.807) is 24.1 Å². The molecule has 1 aliphatic rings. The fourth-order valence-corrected chi connectivity index (χ4v) is 2.58. The maximum atomic E-state index is 12.2. The fourth-order valence-electron chi connectivity index (χ4n) is 2.58. The van der Waals surface area contributed by atoms with E-state index in [2.05, 4.69) is 11.9 Å². The number of nitrogens with zero attached hydrogens (tertiary/aromatic N) is 3. The minimum absolute atomic E-state index is 0.0934. The van der Waals surface area contributed by atoms with Crippen LogP contribution >= 0.6 is 0 Å². The number of carbonyl (C=O) groups excluding carboxylic acids is 1. The topological polar surface area (TPSA) is 50.5 Å². The predicted octanol–water partition coefficient (Wildman–Crippen LogP) is 0.876. The third-order valence-electron chi connectivity index (χ3n) is 3.77. The standard InChI is InChI=1S/C14H21N3O2/c1-15-8-4-3-7-13(15)11-16(2)14(18)12-6-5-9-17(19)10-12/h5-6,9-10,13H,3-4,7-8,11H2,1-2H3. The van der Waals surface area contributed by atoms with Gasteiger partial charge < -0.3 is 15.0 Å². The average molecular weight is 263 g/mol. The molecule has 1 aliphatic heterocycles. The molecule has 0 spiro atoms. The molecule has 2 rings (SSSR count). The lowest BCUT2D eigenvalue weighted by atomic mass is 10.0. The van der Waals surface area contributed by atoms with Crippen molar-refractivity contribution < 1.29 is 9.52 Å². The van der Waals surface area contributed by atoms with Crippen LogP contribution < -0.4 is 4.73 Å². The number of piperidine rings is 1. The van der Waals surface area contributed by atoms with Crippen LogP contribution in [0.15, 0.2) is 24.5 Å². The second kappa shape index (κ2) is 6.02. The summed E-state index contributed by atoms with van der Waals surface area (Å²) in [5.74, 6) is -0.0934. The minimum Gasteiger partial charge on any atom is -0.619 e. The molecule has 1 amide bonds. The summed E-state index contributed by atoms with van der Waals surface area (Å²) in [6, 6.07) is 3.70. The number of pyridine rings is 1. The number of aromatic nitrogens is 1. The number of amides is 1. The smallest absolute Gasteiger partial charge is 0.259 e. The maximum Gasteiger partial charge on any atom is 0.259 e. The summed E-state index contributed by atoms with van der Waals surface area (Å²) >= 11 is 0. The Bertz CT molecular complexity index is 450.